The third kappa shape index (κ3) is 3.78. The zero-order valence-corrected chi connectivity index (χ0v) is 13.5. The van der Waals surface area contributed by atoms with Gasteiger partial charge in [0.15, 0.2) is 5.11 Å². The molecular weight excluding hydrogens is 282 g/mol. The Morgan fingerprint density at radius 2 is 2.10 bits per heavy atom. The normalized spacial score (nSPS) is 12.0. The number of rotatable bonds is 5. The van der Waals surface area contributed by atoms with Crippen molar-refractivity contribution >= 4 is 17.3 Å². The monoisotopic (exact) mass is 303 g/mol. The quantitative estimate of drug-likeness (QED) is 0.860. The third-order valence-electron chi connectivity index (χ3n) is 3.49. The van der Waals surface area contributed by atoms with E-state index < -0.39 is 0 Å². The molecule has 0 fully saturated rings. The van der Waals surface area contributed by atoms with Crippen molar-refractivity contribution in [3.8, 4) is 5.69 Å². The summed E-state index contributed by atoms with van der Waals surface area (Å²) in [5, 5.41) is 8.16. The van der Waals surface area contributed by atoms with Crippen molar-refractivity contribution in [3.05, 3.63) is 42.5 Å². The minimum atomic E-state index is 0.214. The zero-order valence-electron chi connectivity index (χ0n) is 12.7. The molecule has 1 N–H and O–H groups in total. The van der Waals surface area contributed by atoms with Gasteiger partial charge in [-0.25, -0.2) is 9.67 Å². The number of aromatic nitrogens is 3. The Hall–Kier alpha value is -1.95. The van der Waals surface area contributed by atoms with E-state index in [1.54, 1.807) is 11.0 Å². The van der Waals surface area contributed by atoms with Gasteiger partial charge in [0.25, 0.3) is 0 Å². The van der Waals surface area contributed by atoms with Gasteiger partial charge in [-0.15, -0.1) is 0 Å². The largest absolute Gasteiger partial charge is 0.363 e. The summed E-state index contributed by atoms with van der Waals surface area (Å²) in [5.74, 6) is 0. The standard InChI is InChI=1S/C15H21N5S/c1-4-9-17-15(21)19(3)12(2)13-5-7-14(8-6-13)20-11-16-10-18-20/h5-8,10-12H,4,9H2,1-3H3,(H,17,21)/t12-/m1/s1. The summed E-state index contributed by atoms with van der Waals surface area (Å²) < 4.78 is 1.74. The Kier molecular flexibility index (Phi) is 5.27. The Morgan fingerprint density at radius 3 is 2.67 bits per heavy atom. The summed E-state index contributed by atoms with van der Waals surface area (Å²) >= 11 is 5.40. The number of thiocarbonyl (C=S) groups is 1. The van der Waals surface area contributed by atoms with Crippen molar-refractivity contribution < 1.29 is 0 Å². The Labute approximate surface area is 131 Å². The molecular formula is C15H21N5S. The average molecular weight is 303 g/mol. The van der Waals surface area contributed by atoms with Crippen LogP contribution in [0.4, 0.5) is 0 Å². The van der Waals surface area contributed by atoms with Gasteiger partial charge in [0.05, 0.1) is 11.7 Å². The fraction of sp³-hybridized carbons (Fsp3) is 0.400. The molecule has 1 heterocycles. The van der Waals surface area contributed by atoms with Crippen molar-refractivity contribution in [2.75, 3.05) is 13.6 Å². The van der Waals surface area contributed by atoms with Crippen molar-refractivity contribution in [2.45, 2.75) is 26.3 Å². The highest BCUT2D eigenvalue weighted by molar-refractivity contribution is 7.80. The highest BCUT2D eigenvalue weighted by Gasteiger charge is 2.14. The molecule has 0 amide bonds. The summed E-state index contributed by atoms with van der Waals surface area (Å²) in [4.78, 5) is 6.03. The zero-order chi connectivity index (χ0) is 15.2. The molecule has 1 aromatic heterocycles. The van der Waals surface area contributed by atoms with Crippen molar-refractivity contribution in [1.82, 2.24) is 25.0 Å². The molecule has 2 rings (SSSR count). The van der Waals surface area contributed by atoms with Gasteiger partial charge in [0.1, 0.15) is 12.7 Å². The van der Waals surface area contributed by atoms with Gasteiger partial charge < -0.3 is 10.2 Å². The molecule has 0 aliphatic carbocycles. The van der Waals surface area contributed by atoms with Crippen LogP contribution in [0.25, 0.3) is 5.69 Å². The van der Waals surface area contributed by atoms with Gasteiger partial charge in [0, 0.05) is 13.6 Å². The van der Waals surface area contributed by atoms with E-state index in [1.165, 1.54) is 11.9 Å². The molecule has 0 saturated heterocycles. The van der Waals surface area contributed by atoms with Crippen LogP contribution in [0.3, 0.4) is 0 Å². The third-order valence-corrected chi connectivity index (χ3v) is 3.92. The van der Waals surface area contributed by atoms with Crippen molar-refractivity contribution in [3.63, 3.8) is 0 Å². The predicted molar refractivity (Wildman–Crippen MR) is 88.4 cm³/mol. The van der Waals surface area contributed by atoms with Crippen LogP contribution >= 0.6 is 12.2 Å². The highest BCUT2D eigenvalue weighted by atomic mass is 32.1. The molecule has 21 heavy (non-hydrogen) atoms. The number of hydrogen-bond acceptors (Lipinski definition) is 3. The van der Waals surface area contributed by atoms with E-state index in [0.717, 1.165) is 23.8 Å². The summed E-state index contributed by atoms with van der Waals surface area (Å²) in [6.45, 7) is 5.17. The van der Waals surface area contributed by atoms with Crippen LogP contribution < -0.4 is 5.32 Å². The molecule has 2 aromatic rings. The smallest absolute Gasteiger partial charge is 0.169 e. The molecule has 6 heteroatoms. The first-order chi connectivity index (χ1) is 10.1. The van der Waals surface area contributed by atoms with Crippen molar-refractivity contribution in [2.24, 2.45) is 0 Å². The lowest BCUT2D eigenvalue weighted by atomic mass is 10.1. The summed E-state index contributed by atoms with van der Waals surface area (Å²) in [5.41, 5.74) is 2.21. The second-order valence-corrected chi connectivity index (χ2v) is 5.34. The molecule has 1 atom stereocenters. The van der Waals surface area contributed by atoms with Crippen LogP contribution in [0.2, 0.25) is 0 Å². The molecule has 0 spiro atoms. The molecule has 0 radical (unpaired) electrons. The van der Waals surface area contributed by atoms with E-state index in [0.29, 0.717) is 0 Å². The van der Waals surface area contributed by atoms with Gasteiger partial charge >= 0.3 is 0 Å². The molecule has 0 unspecified atom stereocenters. The number of nitrogens with one attached hydrogen (secondary N) is 1. The van der Waals surface area contributed by atoms with Gasteiger partial charge in [-0.05, 0) is 43.3 Å². The molecule has 0 bridgehead atoms. The minimum absolute atomic E-state index is 0.214. The van der Waals surface area contributed by atoms with Crippen LogP contribution in [0.1, 0.15) is 31.9 Å². The molecule has 0 aliphatic rings. The van der Waals surface area contributed by atoms with E-state index >= 15 is 0 Å². The second-order valence-electron chi connectivity index (χ2n) is 4.95. The predicted octanol–water partition coefficient (Wildman–Crippen LogP) is 2.54. The Bertz CT molecular complexity index is 564. The molecule has 5 nitrogen and oxygen atoms in total. The molecule has 0 saturated carbocycles. The van der Waals surface area contributed by atoms with E-state index in [1.807, 2.05) is 19.2 Å². The highest BCUT2D eigenvalue weighted by Crippen LogP contribution is 2.20. The fourth-order valence-corrected chi connectivity index (χ4v) is 2.26. The number of benzene rings is 1. The van der Waals surface area contributed by atoms with Crippen LogP contribution in [0.5, 0.6) is 0 Å². The SMILES string of the molecule is CCCNC(=S)N(C)[C@H](C)c1ccc(-n2cncn2)cc1. The molecule has 0 aliphatic heterocycles. The van der Waals surface area contributed by atoms with E-state index in [4.69, 9.17) is 12.2 Å². The van der Waals surface area contributed by atoms with Gasteiger partial charge in [-0.3, -0.25) is 0 Å². The molecule has 112 valence electrons. The summed E-state index contributed by atoms with van der Waals surface area (Å²) in [6, 6.07) is 8.49. The first-order valence-electron chi connectivity index (χ1n) is 7.09. The molecule has 1 aromatic carbocycles. The number of nitrogens with zero attached hydrogens (tertiary/aromatic N) is 4. The lowest BCUT2D eigenvalue weighted by molar-refractivity contribution is 0.396. The lowest BCUT2D eigenvalue weighted by Gasteiger charge is -2.28. The second kappa shape index (κ2) is 7.17. The maximum atomic E-state index is 5.40. The fourth-order valence-electron chi connectivity index (χ4n) is 2.00. The Morgan fingerprint density at radius 1 is 1.38 bits per heavy atom. The van der Waals surface area contributed by atoms with Crippen LogP contribution in [-0.2, 0) is 0 Å². The van der Waals surface area contributed by atoms with Crippen LogP contribution in [0.15, 0.2) is 36.9 Å². The van der Waals surface area contributed by atoms with E-state index in [2.05, 4.69) is 46.3 Å². The van der Waals surface area contributed by atoms with Gasteiger partial charge in [-0.1, -0.05) is 19.1 Å². The average Bonchev–Trinajstić information content (AvgIpc) is 3.05. The topological polar surface area (TPSA) is 46.0 Å². The first-order valence-corrected chi connectivity index (χ1v) is 7.50. The summed E-state index contributed by atoms with van der Waals surface area (Å²) in [7, 11) is 2.01. The minimum Gasteiger partial charge on any atom is -0.363 e. The lowest BCUT2D eigenvalue weighted by Crippen LogP contribution is -2.38. The van der Waals surface area contributed by atoms with Crippen LogP contribution in [0, 0.1) is 0 Å². The van der Waals surface area contributed by atoms with Gasteiger partial charge in [-0.2, -0.15) is 5.10 Å². The first kappa shape index (κ1) is 15.4. The maximum Gasteiger partial charge on any atom is 0.169 e. The van der Waals surface area contributed by atoms with E-state index in [-0.39, 0.29) is 6.04 Å². The Balaban J connectivity index is 2.05. The summed E-state index contributed by atoms with van der Waals surface area (Å²) in [6.07, 6.45) is 4.28. The van der Waals surface area contributed by atoms with Crippen LogP contribution in [-0.4, -0.2) is 38.4 Å². The maximum absolute atomic E-state index is 5.40. The van der Waals surface area contributed by atoms with E-state index in [9.17, 15) is 0 Å². The number of hydrogen-bond donors (Lipinski definition) is 1. The van der Waals surface area contributed by atoms with Crippen molar-refractivity contribution in [1.29, 1.82) is 0 Å². The van der Waals surface area contributed by atoms with Gasteiger partial charge in [0.2, 0.25) is 0 Å².